The van der Waals surface area contributed by atoms with Crippen LogP contribution in [0.2, 0.25) is 0 Å². The van der Waals surface area contributed by atoms with Crippen LogP contribution in [0.3, 0.4) is 0 Å². The van der Waals surface area contributed by atoms with Gasteiger partial charge in [0.15, 0.2) is 0 Å². The van der Waals surface area contributed by atoms with Crippen LogP contribution in [-0.2, 0) is 10.0 Å². The van der Waals surface area contributed by atoms with Crippen LogP contribution in [0.15, 0.2) is 17.0 Å². The van der Waals surface area contributed by atoms with Gasteiger partial charge < -0.3 is 5.32 Å². The number of sulfonamides is 1. The minimum atomic E-state index is -3.76. The number of piperazine rings is 1. The van der Waals surface area contributed by atoms with E-state index in [9.17, 15) is 18.5 Å². The van der Waals surface area contributed by atoms with E-state index in [-0.39, 0.29) is 35.1 Å². The van der Waals surface area contributed by atoms with Crippen molar-refractivity contribution in [3.63, 3.8) is 0 Å². The molecule has 0 aliphatic carbocycles. The van der Waals surface area contributed by atoms with Gasteiger partial charge in [-0.2, -0.15) is 4.31 Å². The van der Waals surface area contributed by atoms with Gasteiger partial charge in [0.2, 0.25) is 10.0 Å². The van der Waals surface area contributed by atoms with Crippen molar-refractivity contribution in [3.05, 3.63) is 33.4 Å². The Hall–Kier alpha value is -1.22. The molecule has 1 aliphatic heterocycles. The predicted octanol–water partition coefficient (Wildman–Crippen LogP) is 2.00. The molecule has 1 aromatic carbocycles. The average Bonchev–Trinajstić information content (AvgIpc) is 2.40. The Kier molecular flexibility index (Phi) is 6.14. The van der Waals surface area contributed by atoms with Crippen molar-refractivity contribution >= 4 is 28.1 Å². The molecule has 0 saturated carbocycles. The molecule has 7 nitrogen and oxygen atoms in total. The summed E-state index contributed by atoms with van der Waals surface area (Å²) in [6, 6.07) is 2.56. The molecule has 0 bridgehead atoms. The second-order valence-electron chi connectivity index (χ2n) is 5.76. The molecule has 0 aromatic heterocycles. The number of hydrogen-bond donors (Lipinski definition) is 1. The van der Waals surface area contributed by atoms with Crippen LogP contribution in [0.25, 0.3) is 0 Å². The zero-order chi connectivity index (χ0) is 16.7. The highest BCUT2D eigenvalue weighted by Gasteiger charge is 2.36. The van der Waals surface area contributed by atoms with Crippen LogP contribution in [0.4, 0.5) is 5.69 Å². The summed E-state index contributed by atoms with van der Waals surface area (Å²) in [5, 5.41) is 14.3. The highest BCUT2D eigenvalue weighted by molar-refractivity contribution is 7.89. The molecular formula is C14H22ClN3O4S. The molecule has 1 heterocycles. The molecule has 1 aromatic rings. The van der Waals surface area contributed by atoms with E-state index >= 15 is 0 Å². The zero-order valence-electron chi connectivity index (χ0n) is 13.6. The maximum atomic E-state index is 12.9. The Bertz CT molecular complexity index is 708. The first-order valence-electron chi connectivity index (χ1n) is 7.17. The molecule has 1 saturated heterocycles. The topological polar surface area (TPSA) is 92.6 Å². The molecule has 9 heteroatoms. The van der Waals surface area contributed by atoms with Crippen LogP contribution < -0.4 is 5.32 Å². The van der Waals surface area contributed by atoms with Crippen LogP contribution >= 0.6 is 12.4 Å². The Balaban J connectivity index is 0.00000264. The number of nitro benzene ring substituents is 1. The van der Waals surface area contributed by atoms with Gasteiger partial charge in [0.05, 0.1) is 9.82 Å². The minimum absolute atomic E-state index is 0. The smallest absolute Gasteiger partial charge is 0.273 e. The summed E-state index contributed by atoms with van der Waals surface area (Å²) in [5.74, 6) is 0. The molecule has 2 atom stereocenters. The van der Waals surface area contributed by atoms with E-state index in [1.165, 1.54) is 10.4 Å². The Morgan fingerprint density at radius 3 is 2.43 bits per heavy atom. The number of nitrogens with one attached hydrogen (secondary N) is 1. The van der Waals surface area contributed by atoms with Crippen molar-refractivity contribution in [2.45, 2.75) is 44.7 Å². The van der Waals surface area contributed by atoms with Gasteiger partial charge in [0, 0.05) is 36.8 Å². The third-order valence-electron chi connectivity index (χ3n) is 4.25. The van der Waals surface area contributed by atoms with E-state index in [0.717, 1.165) is 0 Å². The lowest BCUT2D eigenvalue weighted by atomic mass is 10.1. The Morgan fingerprint density at radius 1 is 1.26 bits per heavy atom. The molecule has 2 unspecified atom stereocenters. The van der Waals surface area contributed by atoms with Gasteiger partial charge in [-0.05, 0) is 39.3 Å². The number of benzene rings is 1. The van der Waals surface area contributed by atoms with E-state index < -0.39 is 14.9 Å². The van der Waals surface area contributed by atoms with Gasteiger partial charge >= 0.3 is 0 Å². The van der Waals surface area contributed by atoms with Crippen LogP contribution in [0.5, 0.6) is 0 Å². The van der Waals surface area contributed by atoms with Crippen molar-refractivity contribution in [3.8, 4) is 0 Å². The predicted molar refractivity (Wildman–Crippen MR) is 90.6 cm³/mol. The van der Waals surface area contributed by atoms with Crippen molar-refractivity contribution in [1.29, 1.82) is 0 Å². The second-order valence-corrected chi connectivity index (χ2v) is 7.62. The number of hydrogen-bond acceptors (Lipinski definition) is 5. The molecule has 0 radical (unpaired) electrons. The Labute approximate surface area is 142 Å². The van der Waals surface area contributed by atoms with Gasteiger partial charge in [0.1, 0.15) is 0 Å². The first kappa shape index (κ1) is 19.8. The zero-order valence-corrected chi connectivity index (χ0v) is 15.2. The SMILES string of the molecule is Cc1cc(C)c(S(=O)(=O)N2CCNC(C)C2C)cc1[N+](=O)[O-].Cl. The normalized spacial score (nSPS) is 22.4. The summed E-state index contributed by atoms with van der Waals surface area (Å²) < 4.78 is 27.3. The fraction of sp³-hybridized carbons (Fsp3) is 0.571. The van der Waals surface area contributed by atoms with Crippen LogP contribution in [-0.4, -0.2) is 42.8 Å². The van der Waals surface area contributed by atoms with E-state index in [4.69, 9.17) is 0 Å². The summed E-state index contributed by atoms with van der Waals surface area (Å²) >= 11 is 0. The quantitative estimate of drug-likeness (QED) is 0.655. The number of rotatable bonds is 3. The van der Waals surface area contributed by atoms with Crippen molar-refractivity contribution in [2.24, 2.45) is 0 Å². The highest BCUT2D eigenvalue weighted by atomic mass is 35.5. The number of halogens is 1. The summed E-state index contributed by atoms with van der Waals surface area (Å²) in [7, 11) is -3.76. The highest BCUT2D eigenvalue weighted by Crippen LogP contribution is 2.29. The molecule has 130 valence electrons. The molecule has 1 N–H and O–H groups in total. The fourth-order valence-corrected chi connectivity index (χ4v) is 4.72. The molecule has 1 aliphatic rings. The molecule has 23 heavy (non-hydrogen) atoms. The molecule has 2 rings (SSSR count). The maximum Gasteiger partial charge on any atom is 0.273 e. The van der Waals surface area contributed by atoms with Crippen molar-refractivity contribution in [1.82, 2.24) is 9.62 Å². The molecule has 1 fully saturated rings. The maximum absolute atomic E-state index is 12.9. The monoisotopic (exact) mass is 363 g/mol. The first-order valence-corrected chi connectivity index (χ1v) is 8.61. The first-order chi connectivity index (χ1) is 10.2. The van der Waals surface area contributed by atoms with Gasteiger partial charge in [-0.3, -0.25) is 10.1 Å². The van der Waals surface area contributed by atoms with Gasteiger partial charge in [-0.1, -0.05) is 0 Å². The third-order valence-corrected chi connectivity index (χ3v) is 6.38. The largest absolute Gasteiger partial charge is 0.311 e. The Morgan fingerprint density at radius 2 is 1.87 bits per heavy atom. The lowest BCUT2D eigenvalue weighted by molar-refractivity contribution is -0.385. The number of nitro groups is 1. The second kappa shape index (κ2) is 7.12. The molecule has 0 spiro atoms. The van der Waals surface area contributed by atoms with E-state index in [2.05, 4.69) is 5.32 Å². The van der Waals surface area contributed by atoms with Gasteiger partial charge in [0.25, 0.3) is 5.69 Å². The van der Waals surface area contributed by atoms with Crippen molar-refractivity contribution < 1.29 is 13.3 Å². The summed E-state index contributed by atoms with van der Waals surface area (Å²) in [4.78, 5) is 10.6. The van der Waals surface area contributed by atoms with E-state index in [1.54, 1.807) is 19.9 Å². The summed E-state index contributed by atoms with van der Waals surface area (Å²) in [5.41, 5.74) is 0.824. The summed E-state index contributed by atoms with van der Waals surface area (Å²) in [6.45, 7) is 7.97. The number of nitrogens with zero attached hydrogens (tertiary/aromatic N) is 2. The third kappa shape index (κ3) is 3.65. The van der Waals surface area contributed by atoms with Gasteiger partial charge in [-0.15, -0.1) is 12.4 Å². The average molecular weight is 364 g/mol. The fourth-order valence-electron chi connectivity index (χ4n) is 2.79. The van der Waals surface area contributed by atoms with E-state index in [1.807, 2.05) is 13.8 Å². The lowest BCUT2D eigenvalue weighted by Gasteiger charge is -2.37. The molecular weight excluding hydrogens is 342 g/mol. The van der Waals surface area contributed by atoms with Gasteiger partial charge in [-0.25, -0.2) is 8.42 Å². The minimum Gasteiger partial charge on any atom is -0.311 e. The lowest BCUT2D eigenvalue weighted by Crippen LogP contribution is -2.57. The van der Waals surface area contributed by atoms with Crippen LogP contribution in [0, 0.1) is 24.0 Å². The standard InChI is InChI=1S/C14H21N3O4S.ClH/c1-9-7-10(2)14(8-13(9)17(18)19)22(20,21)16-6-5-15-11(3)12(16)4;/h7-8,11-12,15H,5-6H2,1-4H3;1H. The van der Waals surface area contributed by atoms with Crippen molar-refractivity contribution in [2.75, 3.05) is 13.1 Å². The molecule has 0 amide bonds. The summed E-state index contributed by atoms with van der Waals surface area (Å²) in [6.07, 6.45) is 0. The van der Waals surface area contributed by atoms with Crippen LogP contribution in [0.1, 0.15) is 25.0 Å². The number of aryl methyl sites for hydroxylation is 2. The van der Waals surface area contributed by atoms with E-state index in [0.29, 0.717) is 24.2 Å².